The van der Waals surface area contributed by atoms with Gasteiger partial charge in [0.1, 0.15) is 11.9 Å². The van der Waals surface area contributed by atoms with Gasteiger partial charge in [-0.2, -0.15) is 0 Å². The lowest BCUT2D eigenvalue weighted by atomic mass is 10.1. The molecule has 1 aromatic carbocycles. The molecule has 2 atom stereocenters. The Morgan fingerprint density at radius 1 is 1.14 bits per heavy atom. The van der Waals surface area contributed by atoms with Crippen LogP contribution in [-0.2, 0) is 0 Å². The van der Waals surface area contributed by atoms with Crippen molar-refractivity contribution in [2.24, 2.45) is 5.92 Å². The summed E-state index contributed by atoms with van der Waals surface area (Å²) in [5, 5.41) is 15.1. The molecule has 0 aliphatic carbocycles. The van der Waals surface area contributed by atoms with E-state index in [-0.39, 0.29) is 18.7 Å². The summed E-state index contributed by atoms with van der Waals surface area (Å²) in [6.45, 7) is 6.62. The molecule has 0 aliphatic rings. The molecule has 21 heavy (non-hydrogen) atoms. The van der Waals surface area contributed by atoms with E-state index in [0.29, 0.717) is 18.9 Å². The number of amides is 2. The lowest BCUT2D eigenvalue weighted by Gasteiger charge is -2.17. The Hall–Kier alpha value is -1.75. The summed E-state index contributed by atoms with van der Waals surface area (Å²) in [5.74, 6) is 1.18. The highest BCUT2D eigenvalue weighted by atomic mass is 16.5. The standard InChI is InChI=1S/C16H26N2O3/c1-12(2)9-14(19)11-18-16(20)17-10-13(3)21-15-7-5-4-6-8-15/h4-8,12-14,19H,9-11H2,1-3H3,(H2,17,18,20). The lowest BCUT2D eigenvalue weighted by molar-refractivity contribution is 0.146. The smallest absolute Gasteiger partial charge is 0.315 e. The van der Waals surface area contributed by atoms with Gasteiger partial charge in [-0.05, 0) is 31.4 Å². The van der Waals surface area contributed by atoms with Gasteiger partial charge in [-0.25, -0.2) is 4.79 Å². The van der Waals surface area contributed by atoms with Gasteiger partial charge in [0.2, 0.25) is 0 Å². The molecule has 0 bridgehead atoms. The highest BCUT2D eigenvalue weighted by Crippen LogP contribution is 2.10. The molecule has 2 amide bonds. The summed E-state index contributed by atoms with van der Waals surface area (Å²) >= 11 is 0. The van der Waals surface area contributed by atoms with E-state index in [2.05, 4.69) is 10.6 Å². The molecule has 1 rings (SSSR count). The number of urea groups is 1. The third-order valence-corrected chi connectivity index (χ3v) is 2.87. The second kappa shape index (κ2) is 9.23. The van der Waals surface area contributed by atoms with Crippen molar-refractivity contribution in [1.29, 1.82) is 0 Å². The number of carbonyl (C=O) groups is 1. The Labute approximate surface area is 126 Å². The van der Waals surface area contributed by atoms with Crippen LogP contribution in [0.1, 0.15) is 27.2 Å². The number of carbonyl (C=O) groups excluding carboxylic acids is 1. The first kappa shape index (κ1) is 17.3. The van der Waals surface area contributed by atoms with Crippen molar-refractivity contribution in [2.75, 3.05) is 13.1 Å². The normalized spacial score (nSPS) is 13.6. The average molecular weight is 294 g/mol. The fourth-order valence-corrected chi connectivity index (χ4v) is 1.91. The Balaban J connectivity index is 2.17. The van der Waals surface area contributed by atoms with Crippen molar-refractivity contribution in [1.82, 2.24) is 10.6 Å². The predicted molar refractivity (Wildman–Crippen MR) is 83.4 cm³/mol. The minimum absolute atomic E-state index is 0.126. The van der Waals surface area contributed by atoms with Crippen LogP contribution in [0, 0.1) is 5.92 Å². The number of para-hydroxylation sites is 1. The van der Waals surface area contributed by atoms with Crippen molar-refractivity contribution < 1.29 is 14.6 Å². The molecule has 0 radical (unpaired) electrons. The number of aliphatic hydroxyl groups excluding tert-OH is 1. The van der Waals surface area contributed by atoms with Crippen LogP contribution >= 0.6 is 0 Å². The van der Waals surface area contributed by atoms with Crippen LogP contribution in [0.2, 0.25) is 0 Å². The minimum Gasteiger partial charge on any atom is -0.489 e. The van der Waals surface area contributed by atoms with Crippen molar-refractivity contribution in [3.05, 3.63) is 30.3 Å². The second-order valence-corrected chi connectivity index (χ2v) is 5.62. The maximum atomic E-state index is 11.6. The molecular weight excluding hydrogens is 268 g/mol. The van der Waals surface area contributed by atoms with E-state index in [1.807, 2.05) is 51.1 Å². The molecule has 1 aromatic rings. The largest absolute Gasteiger partial charge is 0.489 e. The van der Waals surface area contributed by atoms with Gasteiger partial charge < -0.3 is 20.5 Å². The summed E-state index contributed by atoms with van der Waals surface area (Å²) in [6.07, 6.45) is 0.0424. The molecule has 0 heterocycles. The van der Waals surface area contributed by atoms with Gasteiger partial charge in [0, 0.05) is 6.54 Å². The van der Waals surface area contributed by atoms with Gasteiger partial charge in [-0.15, -0.1) is 0 Å². The number of aliphatic hydroxyl groups is 1. The zero-order valence-corrected chi connectivity index (χ0v) is 13.0. The fourth-order valence-electron chi connectivity index (χ4n) is 1.91. The maximum Gasteiger partial charge on any atom is 0.315 e. The molecule has 2 unspecified atom stereocenters. The van der Waals surface area contributed by atoms with Gasteiger partial charge in [0.05, 0.1) is 12.6 Å². The van der Waals surface area contributed by atoms with Crippen LogP contribution < -0.4 is 15.4 Å². The Bertz CT molecular complexity index is 409. The lowest BCUT2D eigenvalue weighted by Crippen LogP contribution is -2.43. The Kier molecular flexibility index (Phi) is 7.61. The zero-order chi connectivity index (χ0) is 15.7. The molecule has 3 N–H and O–H groups in total. The molecule has 0 saturated heterocycles. The van der Waals surface area contributed by atoms with Gasteiger partial charge in [-0.3, -0.25) is 0 Å². The van der Waals surface area contributed by atoms with Crippen LogP contribution in [0.25, 0.3) is 0 Å². The van der Waals surface area contributed by atoms with E-state index in [0.717, 1.165) is 5.75 Å². The van der Waals surface area contributed by atoms with E-state index in [1.165, 1.54) is 0 Å². The molecule has 0 spiro atoms. The summed E-state index contributed by atoms with van der Waals surface area (Å²) < 4.78 is 5.65. The number of nitrogens with one attached hydrogen (secondary N) is 2. The zero-order valence-electron chi connectivity index (χ0n) is 13.0. The number of rotatable bonds is 8. The van der Waals surface area contributed by atoms with Gasteiger partial charge in [0.25, 0.3) is 0 Å². The molecule has 5 nitrogen and oxygen atoms in total. The first-order chi connectivity index (χ1) is 9.97. The van der Waals surface area contributed by atoms with E-state index in [4.69, 9.17) is 4.74 Å². The second-order valence-electron chi connectivity index (χ2n) is 5.62. The molecule has 5 heteroatoms. The third kappa shape index (κ3) is 8.19. The number of benzene rings is 1. The quantitative estimate of drug-likeness (QED) is 0.688. The molecule has 0 aromatic heterocycles. The summed E-state index contributed by atoms with van der Waals surface area (Å²) in [6, 6.07) is 9.18. The first-order valence-electron chi connectivity index (χ1n) is 7.38. The molecule has 118 valence electrons. The van der Waals surface area contributed by atoms with Gasteiger partial charge >= 0.3 is 6.03 Å². The first-order valence-corrected chi connectivity index (χ1v) is 7.38. The van der Waals surface area contributed by atoms with Crippen LogP contribution in [0.5, 0.6) is 5.75 Å². The van der Waals surface area contributed by atoms with Crippen molar-refractivity contribution >= 4 is 6.03 Å². The maximum absolute atomic E-state index is 11.6. The Morgan fingerprint density at radius 2 is 1.76 bits per heavy atom. The topological polar surface area (TPSA) is 70.6 Å². The molecular formula is C16H26N2O3. The fraction of sp³-hybridized carbons (Fsp3) is 0.562. The van der Waals surface area contributed by atoms with Crippen molar-refractivity contribution in [3.63, 3.8) is 0 Å². The van der Waals surface area contributed by atoms with E-state index >= 15 is 0 Å². The van der Waals surface area contributed by atoms with E-state index < -0.39 is 6.10 Å². The minimum atomic E-state index is -0.506. The average Bonchev–Trinajstić information content (AvgIpc) is 2.43. The number of ether oxygens (including phenoxy) is 1. The summed E-state index contributed by atoms with van der Waals surface area (Å²) in [4.78, 5) is 11.6. The highest BCUT2D eigenvalue weighted by Gasteiger charge is 2.10. The molecule has 0 aliphatic heterocycles. The summed E-state index contributed by atoms with van der Waals surface area (Å²) in [7, 11) is 0. The predicted octanol–water partition coefficient (Wildman–Crippen LogP) is 2.16. The van der Waals surface area contributed by atoms with E-state index in [9.17, 15) is 9.90 Å². The molecule has 0 fully saturated rings. The Morgan fingerprint density at radius 3 is 2.38 bits per heavy atom. The SMILES string of the molecule is CC(C)CC(O)CNC(=O)NCC(C)Oc1ccccc1. The van der Waals surface area contributed by atoms with Gasteiger partial charge in [0.15, 0.2) is 0 Å². The highest BCUT2D eigenvalue weighted by molar-refractivity contribution is 5.73. The van der Waals surface area contributed by atoms with Crippen molar-refractivity contribution in [3.8, 4) is 5.75 Å². The van der Waals surface area contributed by atoms with Crippen LogP contribution in [-0.4, -0.2) is 36.4 Å². The summed E-state index contributed by atoms with van der Waals surface area (Å²) in [5.41, 5.74) is 0. The van der Waals surface area contributed by atoms with Crippen LogP contribution in [0.4, 0.5) is 4.79 Å². The van der Waals surface area contributed by atoms with Crippen molar-refractivity contribution in [2.45, 2.75) is 39.4 Å². The number of hydrogen-bond acceptors (Lipinski definition) is 3. The number of hydrogen-bond donors (Lipinski definition) is 3. The van der Waals surface area contributed by atoms with Gasteiger partial charge in [-0.1, -0.05) is 32.0 Å². The third-order valence-electron chi connectivity index (χ3n) is 2.87. The van der Waals surface area contributed by atoms with E-state index in [1.54, 1.807) is 0 Å². The monoisotopic (exact) mass is 294 g/mol. The van der Waals surface area contributed by atoms with Crippen LogP contribution in [0.15, 0.2) is 30.3 Å². The molecule has 0 saturated carbocycles. The van der Waals surface area contributed by atoms with Crippen LogP contribution in [0.3, 0.4) is 0 Å².